The van der Waals surface area contributed by atoms with Crippen molar-refractivity contribution < 1.29 is 28.2 Å². The quantitative estimate of drug-likeness (QED) is 0.202. The standard InChI is InChI=1S/C29H26N3O6P/c1-21-27(30-28(38-21)23-8-4-2-5-9-23)20-36-26-14-12-22(13-15-26)19-37-29-24(16-17-39(33,34)35)18-32(31-29)25-10-6-3-7-11-25/h2-18H,19-20H2,1H3,(H2,33,34,35)/b17-16+. The van der Waals surface area contributed by atoms with Gasteiger partial charge in [-0.05, 0) is 55.0 Å². The van der Waals surface area contributed by atoms with Crippen LogP contribution in [0, 0.1) is 6.92 Å². The fourth-order valence-electron chi connectivity index (χ4n) is 3.74. The number of rotatable bonds is 10. The van der Waals surface area contributed by atoms with Gasteiger partial charge in [0.1, 0.15) is 30.4 Å². The van der Waals surface area contributed by atoms with E-state index in [0.717, 1.165) is 28.3 Å². The molecular formula is C29H26N3O6P. The summed E-state index contributed by atoms with van der Waals surface area (Å²) >= 11 is 0. The van der Waals surface area contributed by atoms with E-state index in [1.165, 1.54) is 6.08 Å². The fourth-order valence-corrected chi connectivity index (χ4v) is 4.09. The summed E-state index contributed by atoms with van der Waals surface area (Å²) in [7, 11) is -4.34. The van der Waals surface area contributed by atoms with E-state index in [1.54, 1.807) is 10.9 Å². The minimum Gasteiger partial charge on any atom is -0.487 e. The molecule has 5 rings (SSSR count). The molecule has 9 nitrogen and oxygen atoms in total. The first-order valence-electron chi connectivity index (χ1n) is 12.1. The van der Waals surface area contributed by atoms with Gasteiger partial charge < -0.3 is 23.7 Å². The molecule has 3 aromatic carbocycles. The van der Waals surface area contributed by atoms with Crippen molar-refractivity contribution in [2.75, 3.05) is 0 Å². The average molecular weight is 544 g/mol. The van der Waals surface area contributed by atoms with Gasteiger partial charge in [-0.25, -0.2) is 9.67 Å². The maximum Gasteiger partial charge on any atom is 0.349 e. The molecule has 0 aliphatic heterocycles. The molecule has 10 heteroatoms. The van der Waals surface area contributed by atoms with E-state index in [9.17, 15) is 14.4 Å². The van der Waals surface area contributed by atoms with Crippen molar-refractivity contribution in [2.45, 2.75) is 20.1 Å². The van der Waals surface area contributed by atoms with Crippen molar-refractivity contribution in [3.05, 3.63) is 120 Å². The van der Waals surface area contributed by atoms with Crippen molar-refractivity contribution in [3.8, 4) is 28.8 Å². The molecule has 0 aliphatic rings. The molecule has 2 N–H and O–H groups in total. The zero-order valence-electron chi connectivity index (χ0n) is 21.0. The second kappa shape index (κ2) is 11.5. The number of aryl methyl sites for hydroxylation is 1. The molecule has 0 radical (unpaired) electrons. The second-order valence-corrected chi connectivity index (χ2v) is 10.2. The molecular weight excluding hydrogens is 517 g/mol. The Morgan fingerprint density at radius 1 is 0.923 bits per heavy atom. The van der Waals surface area contributed by atoms with Gasteiger partial charge in [-0.1, -0.05) is 48.5 Å². The number of hydrogen-bond acceptors (Lipinski definition) is 6. The van der Waals surface area contributed by atoms with Crippen LogP contribution in [0.15, 0.2) is 101 Å². The monoisotopic (exact) mass is 543 g/mol. The minimum absolute atomic E-state index is 0.200. The van der Waals surface area contributed by atoms with Crippen molar-refractivity contribution in [1.82, 2.24) is 14.8 Å². The highest BCUT2D eigenvalue weighted by molar-refractivity contribution is 7.55. The van der Waals surface area contributed by atoms with E-state index in [4.69, 9.17) is 13.9 Å². The molecule has 5 aromatic rings. The molecule has 0 unspecified atom stereocenters. The zero-order chi connectivity index (χ0) is 27.2. The Morgan fingerprint density at radius 3 is 2.31 bits per heavy atom. The molecule has 2 aromatic heterocycles. The van der Waals surface area contributed by atoms with Gasteiger partial charge in [-0.15, -0.1) is 5.10 Å². The molecule has 0 saturated carbocycles. The fraction of sp³-hybridized carbons (Fsp3) is 0.103. The van der Waals surface area contributed by atoms with Gasteiger partial charge in [0.25, 0.3) is 0 Å². The van der Waals surface area contributed by atoms with Gasteiger partial charge in [0.05, 0.1) is 11.3 Å². The zero-order valence-corrected chi connectivity index (χ0v) is 21.9. The van der Waals surface area contributed by atoms with Crippen LogP contribution in [0.25, 0.3) is 23.2 Å². The summed E-state index contributed by atoms with van der Waals surface area (Å²) in [6.07, 6.45) is 2.97. The van der Waals surface area contributed by atoms with Gasteiger partial charge in [0, 0.05) is 17.6 Å². The topological polar surface area (TPSA) is 120 Å². The number of ether oxygens (including phenoxy) is 2. The number of benzene rings is 3. The smallest absolute Gasteiger partial charge is 0.349 e. The summed E-state index contributed by atoms with van der Waals surface area (Å²) < 4.78 is 30.6. The van der Waals surface area contributed by atoms with E-state index in [-0.39, 0.29) is 19.1 Å². The maximum absolute atomic E-state index is 11.4. The number of nitrogens with zero attached hydrogens (tertiary/aromatic N) is 3. The molecule has 198 valence electrons. The van der Waals surface area contributed by atoms with Crippen molar-refractivity contribution >= 4 is 13.7 Å². The highest BCUT2D eigenvalue weighted by Crippen LogP contribution is 2.37. The Kier molecular flexibility index (Phi) is 7.74. The number of hydrogen-bond donors (Lipinski definition) is 2. The highest BCUT2D eigenvalue weighted by Gasteiger charge is 2.14. The minimum atomic E-state index is -4.34. The molecule has 0 atom stereocenters. The Hall–Kier alpha value is -4.43. The predicted octanol–water partition coefficient (Wildman–Crippen LogP) is 6.14. The van der Waals surface area contributed by atoms with E-state index < -0.39 is 7.60 Å². The van der Waals surface area contributed by atoms with Gasteiger partial charge >= 0.3 is 7.60 Å². The lowest BCUT2D eigenvalue weighted by Crippen LogP contribution is -2.00. The Morgan fingerprint density at radius 2 is 1.62 bits per heavy atom. The summed E-state index contributed by atoms with van der Waals surface area (Å²) in [5, 5.41) is 4.46. The van der Waals surface area contributed by atoms with Crippen molar-refractivity contribution in [2.24, 2.45) is 0 Å². The summed E-state index contributed by atoms with van der Waals surface area (Å²) in [5.74, 6) is 3.01. The average Bonchev–Trinajstić information content (AvgIpc) is 3.54. The van der Waals surface area contributed by atoms with E-state index in [1.807, 2.05) is 91.9 Å². The Labute approximate surface area is 225 Å². The van der Waals surface area contributed by atoms with Crippen molar-refractivity contribution in [3.63, 3.8) is 0 Å². The van der Waals surface area contributed by atoms with E-state index in [2.05, 4.69) is 10.1 Å². The molecule has 0 fully saturated rings. The van der Waals surface area contributed by atoms with Crippen LogP contribution in [-0.4, -0.2) is 24.6 Å². The highest BCUT2D eigenvalue weighted by atomic mass is 31.2. The Balaban J connectivity index is 1.23. The lowest BCUT2D eigenvalue weighted by Gasteiger charge is -2.07. The van der Waals surface area contributed by atoms with Gasteiger partial charge in [-0.2, -0.15) is 0 Å². The molecule has 0 bridgehead atoms. The first-order chi connectivity index (χ1) is 18.8. The first-order valence-corrected chi connectivity index (χ1v) is 13.8. The Bertz CT molecular complexity index is 1610. The molecule has 39 heavy (non-hydrogen) atoms. The lowest BCUT2D eigenvalue weighted by molar-refractivity contribution is 0.289. The summed E-state index contributed by atoms with van der Waals surface area (Å²) in [5.41, 5.74) is 3.74. The molecule has 0 spiro atoms. The second-order valence-electron chi connectivity index (χ2n) is 8.68. The molecule has 0 aliphatic carbocycles. The SMILES string of the molecule is Cc1oc(-c2ccccc2)nc1COc1ccc(COc2nn(-c3ccccc3)cc2/C=C/P(=O)(O)O)cc1. The van der Waals surface area contributed by atoms with E-state index >= 15 is 0 Å². The van der Waals surface area contributed by atoms with Crippen LogP contribution in [0.3, 0.4) is 0 Å². The molecule has 0 amide bonds. The van der Waals surface area contributed by atoms with Gasteiger partial charge in [0.15, 0.2) is 0 Å². The van der Waals surface area contributed by atoms with Crippen LogP contribution < -0.4 is 9.47 Å². The van der Waals surface area contributed by atoms with Crippen LogP contribution in [0.5, 0.6) is 11.6 Å². The maximum atomic E-state index is 11.4. The summed E-state index contributed by atoms with van der Waals surface area (Å²) in [6.45, 7) is 2.33. The molecule has 0 saturated heterocycles. The third-order valence-corrected chi connectivity index (χ3v) is 6.30. The lowest BCUT2D eigenvalue weighted by atomic mass is 10.2. The van der Waals surface area contributed by atoms with Crippen LogP contribution >= 0.6 is 7.60 Å². The number of oxazole rings is 1. The van der Waals surface area contributed by atoms with Crippen LogP contribution in [0.4, 0.5) is 0 Å². The number of aromatic nitrogens is 3. The van der Waals surface area contributed by atoms with Crippen molar-refractivity contribution in [1.29, 1.82) is 0 Å². The predicted molar refractivity (Wildman–Crippen MR) is 146 cm³/mol. The summed E-state index contributed by atoms with van der Waals surface area (Å²) in [6, 6.07) is 26.5. The normalized spacial score (nSPS) is 11.7. The first kappa shape index (κ1) is 26.2. The van der Waals surface area contributed by atoms with Crippen LogP contribution in [0.1, 0.15) is 22.6 Å². The third kappa shape index (κ3) is 6.91. The van der Waals surface area contributed by atoms with E-state index in [0.29, 0.717) is 23.0 Å². The van der Waals surface area contributed by atoms with Gasteiger partial charge in [-0.3, -0.25) is 4.57 Å². The van der Waals surface area contributed by atoms with Gasteiger partial charge in [0.2, 0.25) is 11.8 Å². The molecule has 2 heterocycles. The van der Waals surface area contributed by atoms with Crippen LogP contribution in [0.2, 0.25) is 0 Å². The summed E-state index contributed by atoms with van der Waals surface area (Å²) in [4.78, 5) is 23.1. The third-order valence-electron chi connectivity index (χ3n) is 5.76. The largest absolute Gasteiger partial charge is 0.487 e. The number of para-hydroxylation sites is 1. The van der Waals surface area contributed by atoms with Crippen LogP contribution in [-0.2, 0) is 17.8 Å².